The van der Waals surface area contributed by atoms with E-state index in [-0.39, 0.29) is 6.61 Å². The Hall–Kier alpha value is -1.81. The number of hydrogen-bond donors (Lipinski definition) is 1. The molecule has 84 valence electrons. The van der Waals surface area contributed by atoms with Crippen molar-refractivity contribution in [1.29, 1.82) is 0 Å². The van der Waals surface area contributed by atoms with Crippen molar-refractivity contribution < 1.29 is 14.4 Å². The predicted octanol–water partition coefficient (Wildman–Crippen LogP) is 2.15. The van der Waals surface area contributed by atoms with Crippen molar-refractivity contribution in [2.45, 2.75) is 13.5 Å². The summed E-state index contributed by atoms with van der Waals surface area (Å²) < 4.78 is 10.1. The molecule has 0 amide bonds. The fraction of sp³-hybridized carbons (Fsp3) is 0.250. The summed E-state index contributed by atoms with van der Waals surface area (Å²) in [6.07, 6.45) is 0. The van der Waals surface area contributed by atoms with Crippen molar-refractivity contribution >= 4 is 0 Å². The van der Waals surface area contributed by atoms with Crippen LogP contribution in [0.2, 0.25) is 0 Å². The molecule has 0 saturated heterocycles. The minimum atomic E-state index is -0.137. The van der Waals surface area contributed by atoms with Crippen molar-refractivity contribution in [3.8, 4) is 17.0 Å². The van der Waals surface area contributed by atoms with Gasteiger partial charge >= 0.3 is 0 Å². The van der Waals surface area contributed by atoms with Crippen LogP contribution in [0.4, 0.5) is 0 Å². The first-order valence-corrected chi connectivity index (χ1v) is 4.96. The molecule has 0 aliphatic rings. The quantitative estimate of drug-likeness (QED) is 0.859. The Labute approximate surface area is 93.5 Å². The number of aromatic nitrogens is 1. The number of methoxy groups -OCH3 is 1. The smallest absolute Gasteiger partial charge is 0.162 e. The Balaban J connectivity index is 2.37. The van der Waals surface area contributed by atoms with Crippen molar-refractivity contribution in [3.05, 3.63) is 35.6 Å². The summed E-state index contributed by atoms with van der Waals surface area (Å²) in [5, 5.41) is 12.8. The molecular weight excluding hydrogens is 206 g/mol. The average Bonchev–Trinajstić information content (AvgIpc) is 2.77. The second-order valence-corrected chi connectivity index (χ2v) is 3.52. The number of benzene rings is 1. The van der Waals surface area contributed by atoms with Crippen LogP contribution in [0.1, 0.15) is 11.3 Å². The summed E-state index contributed by atoms with van der Waals surface area (Å²) in [5.74, 6) is 1.30. The zero-order valence-electron chi connectivity index (χ0n) is 9.23. The molecule has 0 bridgehead atoms. The fourth-order valence-corrected chi connectivity index (χ4v) is 1.56. The maximum absolute atomic E-state index is 8.88. The van der Waals surface area contributed by atoms with E-state index in [1.165, 1.54) is 0 Å². The van der Waals surface area contributed by atoms with E-state index in [4.69, 9.17) is 14.4 Å². The van der Waals surface area contributed by atoms with Gasteiger partial charge in [-0.25, -0.2) is 0 Å². The average molecular weight is 219 g/mol. The molecule has 0 aliphatic heterocycles. The van der Waals surface area contributed by atoms with Gasteiger partial charge in [0.2, 0.25) is 0 Å². The zero-order valence-corrected chi connectivity index (χ0v) is 9.23. The van der Waals surface area contributed by atoms with E-state index >= 15 is 0 Å². The number of hydrogen-bond acceptors (Lipinski definition) is 4. The molecule has 0 saturated carbocycles. The first kappa shape index (κ1) is 10.7. The molecule has 0 atom stereocenters. The van der Waals surface area contributed by atoms with Crippen molar-refractivity contribution in [2.24, 2.45) is 0 Å². The number of nitrogens with zero attached hydrogens (tertiary/aromatic N) is 1. The van der Waals surface area contributed by atoms with E-state index in [0.29, 0.717) is 5.76 Å². The third-order valence-electron chi connectivity index (χ3n) is 2.41. The van der Waals surface area contributed by atoms with E-state index in [2.05, 4.69) is 5.16 Å². The fourth-order valence-electron chi connectivity index (χ4n) is 1.56. The lowest BCUT2D eigenvalue weighted by molar-refractivity contribution is 0.229. The molecule has 0 aliphatic carbocycles. The lowest BCUT2D eigenvalue weighted by Gasteiger charge is -2.04. The summed E-state index contributed by atoms with van der Waals surface area (Å²) in [5.41, 5.74) is 2.70. The van der Waals surface area contributed by atoms with Gasteiger partial charge < -0.3 is 14.4 Å². The van der Waals surface area contributed by atoms with Crippen molar-refractivity contribution in [1.82, 2.24) is 5.16 Å². The Morgan fingerprint density at radius 3 is 2.75 bits per heavy atom. The van der Waals surface area contributed by atoms with E-state index in [9.17, 15) is 0 Å². The molecule has 1 N–H and O–H groups in total. The molecule has 0 spiro atoms. The van der Waals surface area contributed by atoms with Crippen LogP contribution in [0.3, 0.4) is 0 Å². The second kappa shape index (κ2) is 4.37. The number of rotatable bonds is 3. The molecule has 16 heavy (non-hydrogen) atoms. The van der Waals surface area contributed by atoms with Crippen molar-refractivity contribution in [3.63, 3.8) is 0 Å². The van der Waals surface area contributed by atoms with E-state index < -0.39 is 0 Å². The van der Waals surface area contributed by atoms with Crippen LogP contribution in [-0.4, -0.2) is 17.4 Å². The van der Waals surface area contributed by atoms with Crippen LogP contribution in [0.25, 0.3) is 11.3 Å². The van der Waals surface area contributed by atoms with Crippen LogP contribution in [0.5, 0.6) is 5.75 Å². The summed E-state index contributed by atoms with van der Waals surface area (Å²) in [6, 6.07) is 7.49. The van der Waals surface area contributed by atoms with Crippen LogP contribution >= 0.6 is 0 Å². The third-order valence-corrected chi connectivity index (χ3v) is 2.41. The minimum Gasteiger partial charge on any atom is -0.496 e. The summed E-state index contributed by atoms with van der Waals surface area (Å²) in [6.45, 7) is 1.83. The Morgan fingerprint density at radius 1 is 1.38 bits per heavy atom. The van der Waals surface area contributed by atoms with Crippen LogP contribution in [-0.2, 0) is 6.61 Å². The molecule has 1 aromatic carbocycles. The molecule has 1 heterocycles. The normalized spacial score (nSPS) is 10.4. The molecule has 4 heteroatoms. The molecule has 4 nitrogen and oxygen atoms in total. The van der Waals surface area contributed by atoms with E-state index in [1.54, 1.807) is 13.2 Å². The first-order chi connectivity index (χ1) is 7.74. The molecule has 2 rings (SSSR count). The second-order valence-electron chi connectivity index (χ2n) is 3.52. The Kier molecular flexibility index (Phi) is 2.92. The van der Waals surface area contributed by atoms with Gasteiger partial charge in [-0.05, 0) is 30.7 Å². The van der Waals surface area contributed by atoms with Crippen LogP contribution in [0, 0.1) is 6.92 Å². The summed E-state index contributed by atoms with van der Waals surface area (Å²) >= 11 is 0. The van der Waals surface area contributed by atoms with E-state index in [0.717, 1.165) is 22.6 Å². The lowest BCUT2D eigenvalue weighted by atomic mass is 10.1. The highest BCUT2D eigenvalue weighted by atomic mass is 16.5. The van der Waals surface area contributed by atoms with Gasteiger partial charge in [-0.3, -0.25) is 0 Å². The van der Waals surface area contributed by atoms with Gasteiger partial charge in [0.25, 0.3) is 0 Å². The van der Waals surface area contributed by atoms with Gasteiger partial charge in [0, 0.05) is 11.6 Å². The highest BCUT2D eigenvalue weighted by Gasteiger charge is 2.07. The highest BCUT2D eigenvalue weighted by molar-refractivity contribution is 5.61. The molecule has 2 aromatic rings. The van der Waals surface area contributed by atoms with Gasteiger partial charge in [-0.1, -0.05) is 5.16 Å². The Bertz CT molecular complexity index is 491. The van der Waals surface area contributed by atoms with Gasteiger partial charge in [0.1, 0.15) is 18.1 Å². The number of aliphatic hydroxyl groups is 1. The van der Waals surface area contributed by atoms with E-state index in [1.807, 2.05) is 25.1 Å². The summed E-state index contributed by atoms with van der Waals surface area (Å²) in [7, 11) is 1.64. The predicted molar refractivity (Wildman–Crippen MR) is 59.2 cm³/mol. The maximum atomic E-state index is 8.88. The van der Waals surface area contributed by atoms with Gasteiger partial charge in [-0.2, -0.15) is 0 Å². The largest absolute Gasteiger partial charge is 0.496 e. The molecule has 0 radical (unpaired) electrons. The molecule has 1 aromatic heterocycles. The lowest BCUT2D eigenvalue weighted by Crippen LogP contribution is -1.87. The standard InChI is InChI=1S/C12H13NO3/c1-8-5-9(3-4-12(8)15-2)11-6-10(7-14)16-13-11/h3-6,14H,7H2,1-2H3. The topological polar surface area (TPSA) is 55.5 Å². The maximum Gasteiger partial charge on any atom is 0.162 e. The molecule has 0 unspecified atom stereocenters. The SMILES string of the molecule is COc1ccc(-c2cc(CO)on2)cc1C. The van der Waals surface area contributed by atoms with Gasteiger partial charge in [0.15, 0.2) is 5.76 Å². The van der Waals surface area contributed by atoms with Gasteiger partial charge in [0.05, 0.1) is 7.11 Å². The Morgan fingerprint density at radius 2 is 2.19 bits per heavy atom. The van der Waals surface area contributed by atoms with Crippen molar-refractivity contribution in [2.75, 3.05) is 7.11 Å². The molecular formula is C12H13NO3. The number of aryl methyl sites for hydroxylation is 1. The first-order valence-electron chi connectivity index (χ1n) is 4.96. The summed E-state index contributed by atoms with van der Waals surface area (Å²) in [4.78, 5) is 0. The zero-order chi connectivity index (χ0) is 11.5. The van der Waals surface area contributed by atoms with Gasteiger partial charge in [-0.15, -0.1) is 0 Å². The molecule has 0 fully saturated rings. The van der Waals surface area contributed by atoms with Crippen LogP contribution < -0.4 is 4.74 Å². The number of aliphatic hydroxyl groups excluding tert-OH is 1. The minimum absolute atomic E-state index is 0.137. The highest BCUT2D eigenvalue weighted by Crippen LogP contribution is 2.25. The number of ether oxygens (including phenoxy) is 1. The third kappa shape index (κ3) is 1.92. The monoisotopic (exact) mass is 219 g/mol. The van der Waals surface area contributed by atoms with Crippen LogP contribution in [0.15, 0.2) is 28.8 Å².